The van der Waals surface area contributed by atoms with E-state index in [9.17, 15) is 9.59 Å². The summed E-state index contributed by atoms with van der Waals surface area (Å²) in [5, 5.41) is 8.36. The Kier molecular flexibility index (Phi) is 6.69. The van der Waals surface area contributed by atoms with Gasteiger partial charge in [-0.2, -0.15) is 5.10 Å². The van der Waals surface area contributed by atoms with Gasteiger partial charge in [0.1, 0.15) is 28.4 Å². The minimum atomic E-state index is -0.485. The molecule has 1 saturated carbocycles. The minimum absolute atomic E-state index is 0.0643. The Morgan fingerprint density at radius 2 is 1.98 bits per heavy atom. The van der Waals surface area contributed by atoms with Crippen molar-refractivity contribution in [3.05, 3.63) is 71.4 Å². The van der Waals surface area contributed by atoms with Crippen molar-refractivity contribution >= 4 is 28.4 Å². The lowest BCUT2D eigenvalue weighted by molar-refractivity contribution is 0.0707. The van der Waals surface area contributed by atoms with Gasteiger partial charge >= 0.3 is 0 Å². The number of aromatic nitrogens is 5. The maximum absolute atomic E-state index is 15.6. The van der Waals surface area contributed by atoms with Crippen LogP contribution in [0.25, 0.3) is 39.2 Å². The molecule has 5 aromatic heterocycles. The standard InChI is InChI=1S/C32H33FN8O2/c1-18-28(38-41-16-22(12-24(33)29(18)41)32(43)39-11-3-4-23(34)17-39)27-13-20-7-9-25(37-30(20)40(27)15-19-5-6-19)21-8-10-26(36-14-21)31(42)35-2/h7-10,12-14,16,19,23H,3-6,11,15,17,34H2,1-2H3,(H,35,42)/t23-/m1/s1. The molecule has 2 amide bonds. The van der Waals surface area contributed by atoms with Gasteiger partial charge in [0.2, 0.25) is 0 Å². The van der Waals surface area contributed by atoms with E-state index >= 15 is 4.39 Å². The summed E-state index contributed by atoms with van der Waals surface area (Å²) in [4.78, 5) is 36.2. The Labute approximate surface area is 247 Å². The van der Waals surface area contributed by atoms with Crippen molar-refractivity contribution in [2.75, 3.05) is 20.1 Å². The van der Waals surface area contributed by atoms with Gasteiger partial charge in [0, 0.05) is 61.6 Å². The number of likely N-dealkylation sites (tertiary alicyclic amines) is 1. The van der Waals surface area contributed by atoms with Gasteiger partial charge in [0.05, 0.1) is 17.0 Å². The lowest BCUT2D eigenvalue weighted by Crippen LogP contribution is -2.45. The maximum atomic E-state index is 15.6. The van der Waals surface area contributed by atoms with Crippen molar-refractivity contribution < 1.29 is 14.0 Å². The number of carbonyl (C=O) groups excluding carboxylic acids is 2. The molecule has 7 rings (SSSR count). The fourth-order valence-electron chi connectivity index (χ4n) is 6.05. The van der Waals surface area contributed by atoms with E-state index < -0.39 is 5.82 Å². The van der Waals surface area contributed by atoms with Gasteiger partial charge in [-0.15, -0.1) is 0 Å². The van der Waals surface area contributed by atoms with Crippen molar-refractivity contribution in [1.29, 1.82) is 0 Å². The van der Waals surface area contributed by atoms with Crippen LogP contribution in [0.1, 0.15) is 52.1 Å². The number of rotatable bonds is 6. The van der Waals surface area contributed by atoms with Crippen LogP contribution in [0.15, 0.2) is 48.8 Å². The Morgan fingerprint density at radius 3 is 2.70 bits per heavy atom. The Balaban J connectivity index is 1.30. The van der Waals surface area contributed by atoms with Crippen molar-refractivity contribution in [1.82, 2.24) is 34.4 Å². The fourth-order valence-corrected chi connectivity index (χ4v) is 6.05. The van der Waals surface area contributed by atoms with E-state index in [1.165, 1.54) is 10.6 Å². The summed E-state index contributed by atoms with van der Waals surface area (Å²) in [5.41, 5.74) is 11.6. The minimum Gasteiger partial charge on any atom is -0.354 e. The van der Waals surface area contributed by atoms with Crippen molar-refractivity contribution in [2.24, 2.45) is 11.7 Å². The largest absolute Gasteiger partial charge is 0.354 e. The molecule has 10 nitrogen and oxygen atoms in total. The molecule has 0 aromatic carbocycles. The zero-order chi connectivity index (χ0) is 29.8. The molecule has 220 valence electrons. The Morgan fingerprint density at radius 1 is 1.14 bits per heavy atom. The topological polar surface area (TPSA) is 123 Å². The predicted octanol–water partition coefficient (Wildman–Crippen LogP) is 4.19. The molecule has 1 atom stereocenters. The summed E-state index contributed by atoms with van der Waals surface area (Å²) in [5.74, 6) is -0.420. The van der Waals surface area contributed by atoms with Gasteiger partial charge in [-0.3, -0.25) is 14.6 Å². The van der Waals surface area contributed by atoms with Crippen molar-refractivity contribution in [3.63, 3.8) is 0 Å². The molecule has 43 heavy (non-hydrogen) atoms. The number of pyridine rings is 3. The zero-order valence-corrected chi connectivity index (χ0v) is 24.2. The van der Waals surface area contributed by atoms with E-state index in [2.05, 4.69) is 20.9 Å². The van der Waals surface area contributed by atoms with Crippen LogP contribution in [0.5, 0.6) is 0 Å². The van der Waals surface area contributed by atoms with Crippen LogP contribution in [-0.2, 0) is 6.54 Å². The third-order valence-electron chi connectivity index (χ3n) is 8.55. The van der Waals surface area contributed by atoms with E-state index in [1.54, 1.807) is 30.4 Å². The van der Waals surface area contributed by atoms with E-state index in [-0.39, 0.29) is 23.4 Å². The van der Waals surface area contributed by atoms with Crippen LogP contribution >= 0.6 is 0 Å². The Hall–Kier alpha value is -4.64. The highest BCUT2D eigenvalue weighted by Gasteiger charge is 2.28. The molecule has 5 aromatic rings. The number of hydrogen-bond acceptors (Lipinski definition) is 6. The monoisotopic (exact) mass is 580 g/mol. The summed E-state index contributed by atoms with van der Waals surface area (Å²) in [6.07, 6.45) is 7.28. The number of hydrogen-bond donors (Lipinski definition) is 2. The summed E-state index contributed by atoms with van der Waals surface area (Å²) in [6.45, 7) is 3.72. The molecule has 2 aliphatic rings. The highest BCUT2D eigenvalue weighted by atomic mass is 19.1. The lowest BCUT2D eigenvalue weighted by Gasteiger charge is -2.30. The number of carbonyl (C=O) groups is 2. The van der Waals surface area contributed by atoms with E-state index in [0.717, 1.165) is 60.2 Å². The van der Waals surface area contributed by atoms with Gasteiger partial charge < -0.3 is 20.5 Å². The first-order chi connectivity index (χ1) is 20.8. The molecule has 0 bridgehead atoms. The van der Waals surface area contributed by atoms with E-state index in [4.69, 9.17) is 15.8 Å². The van der Waals surface area contributed by atoms with Crippen LogP contribution in [0.2, 0.25) is 0 Å². The summed E-state index contributed by atoms with van der Waals surface area (Å²) in [7, 11) is 1.57. The molecular formula is C32H33FN8O2. The summed E-state index contributed by atoms with van der Waals surface area (Å²) in [6, 6.07) is 10.8. The Bertz CT molecular complexity index is 1890. The number of halogens is 1. The van der Waals surface area contributed by atoms with Crippen LogP contribution in [-0.4, -0.2) is 67.0 Å². The molecule has 0 radical (unpaired) electrons. The quantitative estimate of drug-likeness (QED) is 0.311. The first-order valence-corrected chi connectivity index (χ1v) is 14.7. The van der Waals surface area contributed by atoms with E-state index in [1.807, 2.05) is 25.1 Å². The maximum Gasteiger partial charge on any atom is 0.269 e. The second kappa shape index (κ2) is 10.6. The highest BCUT2D eigenvalue weighted by Crippen LogP contribution is 2.37. The molecule has 1 saturated heterocycles. The molecule has 1 aliphatic heterocycles. The molecule has 2 fully saturated rings. The molecule has 0 unspecified atom stereocenters. The predicted molar refractivity (Wildman–Crippen MR) is 161 cm³/mol. The number of nitrogens with two attached hydrogens (primary N) is 1. The van der Waals surface area contributed by atoms with Crippen LogP contribution < -0.4 is 11.1 Å². The zero-order valence-electron chi connectivity index (χ0n) is 24.2. The van der Waals surface area contributed by atoms with Gasteiger partial charge in [-0.1, -0.05) is 0 Å². The third kappa shape index (κ3) is 4.93. The molecule has 11 heteroatoms. The summed E-state index contributed by atoms with van der Waals surface area (Å²) < 4.78 is 19.3. The van der Waals surface area contributed by atoms with Crippen molar-refractivity contribution in [2.45, 2.75) is 45.2 Å². The van der Waals surface area contributed by atoms with Crippen molar-refractivity contribution in [3.8, 4) is 22.6 Å². The van der Waals surface area contributed by atoms with Gasteiger partial charge in [-0.05, 0) is 74.9 Å². The molecule has 6 heterocycles. The number of amides is 2. The van der Waals surface area contributed by atoms with Crippen LogP contribution in [0.4, 0.5) is 4.39 Å². The first-order valence-electron chi connectivity index (χ1n) is 14.7. The third-order valence-corrected chi connectivity index (χ3v) is 8.55. The smallest absolute Gasteiger partial charge is 0.269 e. The SMILES string of the molecule is CNC(=O)c1ccc(-c2ccc3cc(-c4nn5cc(C(=O)N6CCC[C@@H](N)C6)cc(F)c5c4C)n(CC4CC4)c3n2)cn1. The summed E-state index contributed by atoms with van der Waals surface area (Å²) >= 11 is 0. The number of nitrogens with one attached hydrogen (secondary N) is 1. The van der Waals surface area contributed by atoms with Gasteiger partial charge in [0.25, 0.3) is 11.8 Å². The number of aryl methyl sites for hydroxylation is 1. The van der Waals surface area contributed by atoms with E-state index in [0.29, 0.717) is 41.5 Å². The number of nitrogens with zero attached hydrogens (tertiary/aromatic N) is 6. The van der Waals surface area contributed by atoms with Gasteiger partial charge in [0.15, 0.2) is 0 Å². The molecule has 3 N–H and O–H groups in total. The van der Waals surface area contributed by atoms with Crippen LogP contribution in [0.3, 0.4) is 0 Å². The normalized spacial score (nSPS) is 17.1. The first kappa shape index (κ1) is 27.2. The molecule has 0 spiro atoms. The average molecular weight is 581 g/mol. The second-order valence-corrected chi connectivity index (χ2v) is 11.7. The van der Waals surface area contributed by atoms with Crippen LogP contribution in [0, 0.1) is 18.7 Å². The second-order valence-electron chi connectivity index (χ2n) is 11.7. The fraction of sp³-hybridized carbons (Fsp3) is 0.344. The lowest BCUT2D eigenvalue weighted by atomic mass is 10.1. The van der Waals surface area contributed by atoms with Gasteiger partial charge in [-0.25, -0.2) is 13.9 Å². The molecule has 1 aliphatic carbocycles. The highest BCUT2D eigenvalue weighted by molar-refractivity contribution is 5.95. The number of piperidine rings is 1. The average Bonchev–Trinajstić information content (AvgIpc) is 3.69. The number of fused-ring (bicyclic) bond motifs is 2. The molecular weight excluding hydrogens is 547 g/mol.